The molecule has 2 heteroatoms. The fourth-order valence-electron chi connectivity index (χ4n) is 2.24. The van der Waals surface area contributed by atoms with Crippen molar-refractivity contribution in [3.63, 3.8) is 0 Å². The minimum atomic E-state index is 0.248. The van der Waals surface area contributed by atoms with Crippen LogP contribution in [0.2, 0.25) is 0 Å². The maximum atomic E-state index is 11.6. The smallest absolute Gasteiger partial charge is 0.219 e. The Kier molecular flexibility index (Phi) is 13.5. The highest BCUT2D eigenvalue weighted by Gasteiger charge is 2.01. The van der Waals surface area contributed by atoms with Crippen LogP contribution >= 0.6 is 0 Å². The molecule has 1 N–H and O–H groups in total. The van der Waals surface area contributed by atoms with E-state index in [0.29, 0.717) is 6.42 Å². The van der Waals surface area contributed by atoms with E-state index in [4.69, 9.17) is 0 Å². The number of hydrogen-bond acceptors (Lipinski definition) is 1. The molecule has 0 saturated heterocycles. The lowest BCUT2D eigenvalue weighted by molar-refractivity contribution is -0.121. The summed E-state index contributed by atoms with van der Waals surface area (Å²) in [5.74, 6) is 1.04. The van der Waals surface area contributed by atoms with Gasteiger partial charge in [0.05, 0.1) is 0 Å². The Labute approximate surface area is 120 Å². The van der Waals surface area contributed by atoms with Gasteiger partial charge in [-0.25, -0.2) is 0 Å². The molecule has 0 aliphatic rings. The lowest BCUT2D eigenvalue weighted by Gasteiger charge is -2.06. The van der Waals surface area contributed by atoms with E-state index in [9.17, 15) is 4.79 Å². The van der Waals surface area contributed by atoms with Crippen molar-refractivity contribution in [2.24, 2.45) is 5.92 Å². The van der Waals surface area contributed by atoms with E-state index in [-0.39, 0.29) is 5.91 Å². The number of carbonyl (C=O) groups is 1. The van der Waals surface area contributed by atoms with Gasteiger partial charge in [0.15, 0.2) is 0 Å². The first kappa shape index (κ1) is 18.5. The average Bonchev–Trinajstić information content (AvgIpc) is 2.37. The van der Waals surface area contributed by atoms with Crippen LogP contribution < -0.4 is 5.32 Å². The predicted octanol–water partition coefficient (Wildman–Crippen LogP) is 5.07. The lowest BCUT2D eigenvalue weighted by atomic mass is 10.0. The summed E-state index contributed by atoms with van der Waals surface area (Å²) in [6.45, 7) is 7.62. The van der Waals surface area contributed by atoms with Crippen molar-refractivity contribution in [1.82, 2.24) is 5.32 Å². The molecule has 0 aromatic carbocycles. The molecule has 0 spiro atoms. The van der Waals surface area contributed by atoms with E-state index in [0.717, 1.165) is 25.3 Å². The Hall–Kier alpha value is -0.530. The number of unbranched alkanes of at least 4 members (excludes halogenated alkanes) is 7. The third kappa shape index (κ3) is 15.4. The molecule has 0 atom stereocenters. The fourth-order valence-corrected chi connectivity index (χ4v) is 2.24. The topological polar surface area (TPSA) is 29.1 Å². The Morgan fingerprint density at radius 2 is 1.53 bits per heavy atom. The number of hydrogen-bond donors (Lipinski definition) is 1. The SMILES string of the molecule is CCCCCCCCNC(=O)CCCCCC(C)C. The minimum absolute atomic E-state index is 0.248. The van der Waals surface area contributed by atoms with Gasteiger partial charge in [-0.1, -0.05) is 72.1 Å². The van der Waals surface area contributed by atoms with Crippen molar-refractivity contribution < 1.29 is 4.79 Å². The Morgan fingerprint density at radius 3 is 2.21 bits per heavy atom. The largest absolute Gasteiger partial charge is 0.356 e. The van der Waals surface area contributed by atoms with E-state index in [1.54, 1.807) is 0 Å². The van der Waals surface area contributed by atoms with Crippen LogP contribution in [0.25, 0.3) is 0 Å². The number of carbonyl (C=O) groups excluding carboxylic acids is 1. The molecule has 0 aliphatic heterocycles. The van der Waals surface area contributed by atoms with Crippen molar-refractivity contribution >= 4 is 5.91 Å². The van der Waals surface area contributed by atoms with E-state index in [2.05, 4.69) is 26.1 Å². The number of amides is 1. The van der Waals surface area contributed by atoms with E-state index < -0.39 is 0 Å². The average molecular weight is 269 g/mol. The second kappa shape index (κ2) is 13.9. The molecule has 0 saturated carbocycles. The normalized spacial score (nSPS) is 10.9. The van der Waals surface area contributed by atoms with Gasteiger partial charge >= 0.3 is 0 Å². The van der Waals surface area contributed by atoms with Gasteiger partial charge in [-0.3, -0.25) is 4.79 Å². The van der Waals surface area contributed by atoms with Crippen molar-refractivity contribution in [1.29, 1.82) is 0 Å². The number of nitrogens with one attached hydrogen (secondary N) is 1. The van der Waals surface area contributed by atoms with Gasteiger partial charge in [-0.15, -0.1) is 0 Å². The molecule has 0 aliphatic carbocycles. The van der Waals surface area contributed by atoms with Crippen LogP contribution in [0.3, 0.4) is 0 Å². The van der Waals surface area contributed by atoms with E-state index in [1.165, 1.54) is 51.4 Å². The Morgan fingerprint density at radius 1 is 0.895 bits per heavy atom. The molecule has 0 fully saturated rings. The van der Waals surface area contributed by atoms with Crippen LogP contribution in [0.4, 0.5) is 0 Å². The molecule has 0 rings (SSSR count). The minimum Gasteiger partial charge on any atom is -0.356 e. The molecule has 0 unspecified atom stereocenters. The molecule has 0 aromatic heterocycles. The zero-order valence-electron chi connectivity index (χ0n) is 13.5. The maximum absolute atomic E-state index is 11.6. The summed E-state index contributed by atoms with van der Waals surface area (Å²) in [5.41, 5.74) is 0. The van der Waals surface area contributed by atoms with Gasteiger partial charge < -0.3 is 5.32 Å². The molecule has 0 bridgehead atoms. The van der Waals surface area contributed by atoms with Gasteiger partial charge in [-0.2, -0.15) is 0 Å². The van der Waals surface area contributed by atoms with Crippen molar-refractivity contribution in [3.05, 3.63) is 0 Å². The summed E-state index contributed by atoms with van der Waals surface area (Å²) in [7, 11) is 0. The van der Waals surface area contributed by atoms with Crippen LogP contribution in [-0.2, 0) is 4.79 Å². The third-order valence-corrected chi connectivity index (χ3v) is 3.54. The quantitative estimate of drug-likeness (QED) is 0.465. The summed E-state index contributed by atoms with van der Waals surface area (Å²) in [5, 5.41) is 3.03. The van der Waals surface area contributed by atoms with Crippen LogP contribution in [0, 0.1) is 5.92 Å². The molecular formula is C17H35NO. The zero-order valence-corrected chi connectivity index (χ0v) is 13.5. The molecule has 19 heavy (non-hydrogen) atoms. The standard InChI is InChI=1S/C17H35NO/c1-4-5-6-7-8-12-15-18-17(19)14-11-9-10-13-16(2)3/h16H,4-15H2,1-3H3,(H,18,19). The maximum Gasteiger partial charge on any atom is 0.219 e. The Balaban J connectivity index is 3.17. The van der Waals surface area contributed by atoms with E-state index in [1.807, 2.05) is 0 Å². The van der Waals surface area contributed by atoms with Crippen LogP contribution in [0.15, 0.2) is 0 Å². The van der Waals surface area contributed by atoms with Crippen LogP contribution in [-0.4, -0.2) is 12.5 Å². The van der Waals surface area contributed by atoms with Crippen LogP contribution in [0.5, 0.6) is 0 Å². The molecule has 2 nitrogen and oxygen atoms in total. The van der Waals surface area contributed by atoms with Crippen LogP contribution in [0.1, 0.15) is 91.4 Å². The highest BCUT2D eigenvalue weighted by molar-refractivity contribution is 5.75. The second-order valence-corrected chi connectivity index (χ2v) is 6.11. The lowest BCUT2D eigenvalue weighted by Crippen LogP contribution is -2.23. The zero-order chi connectivity index (χ0) is 14.3. The number of rotatable bonds is 13. The van der Waals surface area contributed by atoms with Gasteiger partial charge in [-0.05, 0) is 18.8 Å². The Bertz CT molecular complexity index is 201. The first-order valence-corrected chi connectivity index (χ1v) is 8.43. The second-order valence-electron chi connectivity index (χ2n) is 6.11. The predicted molar refractivity (Wildman–Crippen MR) is 84.3 cm³/mol. The monoisotopic (exact) mass is 269 g/mol. The summed E-state index contributed by atoms with van der Waals surface area (Å²) in [6, 6.07) is 0. The van der Waals surface area contributed by atoms with Crippen molar-refractivity contribution in [3.8, 4) is 0 Å². The van der Waals surface area contributed by atoms with E-state index >= 15 is 0 Å². The van der Waals surface area contributed by atoms with Gasteiger partial charge in [0, 0.05) is 13.0 Å². The molecular weight excluding hydrogens is 234 g/mol. The van der Waals surface area contributed by atoms with Gasteiger partial charge in [0.2, 0.25) is 5.91 Å². The molecule has 0 aromatic rings. The molecule has 0 heterocycles. The molecule has 114 valence electrons. The van der Waals surface area contributed by atoms with Gasteiger partial charge in [0.1, 0.15) is 0 Å². The third-order valence-electron chi connectivity index (χ3n) is 3.54. The molecule has 0 radical (unpaired) electrons. The fraction of sp³-hybridized carbons (Fsp3) is 0.941. The molecule has 1 amide bonds. The highest BCUT2D eigenvalue weighted by Crippen LogP contribution is 2.09. The van der Waals surface area contributed by atoms with Crippen molar-refractivity contribution in [2.75, 3.05) is 6.54 Å². The summed E-state index contributed by atoms with van der Waals surface area (Å²) in [4.78, 5) is 11.6. The first-order chi connectivity index (χ1) is 9.16. The summed E-state index contributed by atoms with van der Waals surface area (Å²) < 4.78 is 0. The first-order valence-electron chi connectivity index (χ1n) is 8.43. The summed E-state index contributed by atoms with van der Waals surface area (Å²) >= 11 is 0. The highest BCUT2D eigenvalue weighted by atomic mass is 16.1. The van der Waals surface area contributed by atoms with Gasteiger partial charge in [0.25, 0.3) is 0 Å². The summed E-state index contributed by atoms with van der Waals surface area (Å²) in [6.07, 6.45) is 13.2. The van der Waals surface area contributed by atoms with Crippen molar-refractivity contribution in [2.45, 2.75) is 91.4 Å².